The SMILES string of the molecule is CC1CC[NH+](CC2CCCCC2F)CC1. The van der Waals surface area contributed by atoms with Crippen LogP contribution >= 0.6 is 0 Å². The number of piperidine rings is 1. The van der Waals surface area contributed by atoms with E-state index in [1.54, 1.807) is 4.90 Å². The van der Waals surface area contributed by atoms with Crippen LogP contribution in [-0.4, -0.2) is 25.8 Å². The molecule has 0 bridgehead atoms. The summed E-state index contributed by atoms with van der Waals surface area (Å²) < 4.78 is 13.7. The number of rotatable bonds is 2. The van der Waals surface area contributed by atoms with Gasteiger partial charge in [-0.05, 0) is 31.6 Å². The molecule has 2 rings (SSSR count). The fraction of sp³-hybridized carbons (Fsp3) is 1.00. The molecular weight excluding hydrogens is 189 g/mol. The molecule has 2 aliphatic rings. The Morgan fingerprint density at radius 3 is 2.40 bits per heavy atom. The molecule has 1 saturated carbocycles. The summed E-state index contributed by atoms with van der Waals surface area (Å²) in [5.41, 5.74) is 0. The first kappa shape index (κ1) is 11.4. The second-order valence-electron chi connectivity index (χ2n) is 5.70. The minimum atomic E-state index is -0.495. The van der Waals surface area contributed by atoms with Gasteiger partial charge in [0, 0.05) is 5.92 Å². The fourth-order valence-corrected chi connectivity index (χ4v) is 3.14. The summed E-state index contributed by atoms with van der Waals surface area (Å²) in [7, 11) is 0. The third kappa shape index (κ3) is 3.17. The van der Waals surface area contributed by atoms with Crippen LogP contribution in [0.1, 0.15) is 45.4 Å². The van der Waals surface area contributed by atoms with Crippen LogP contribution in [0.15, 0.2) is 0 Å². The third-order valence-electron chi connectivity index (χ3n) is 4.35. The van der Waals surface area contributed by atoms with Crippen molar-refractivity contribution in [1.82, 2.24) is 0 Å². The lowest BCUT2D eigenvalue weighted by Crippen LogP contribution is -3.13. The van der Waals surface area contributed by atoms with Crippen LogP contribution < -0.4 is 4.90 Å². The third-order valence-corrected chi connectivity index (χ3v) is 4.35. The molecule has 1 N–H and O–H groups in total. The van der Waals surface area contributed by atoms with E-state index in [1.807, 2.05) is 0 Å². The first-order valence-corrected chi connectivity index (χ1v) is 6.73. The normalized spacial score (nSPS) is 42.8. The Kier molecular flexibility index (Phi) is 4.01. The summed E-state index contributed by atoms with van der Waals surface area (Å²) in [6.07, 6.45) is 6.54. The van der Waals surface area contributed by atoms with E-state index in [2.05, 4.69) is 6.92 Å². The fourth-order valence-electron chi connectivity index (χ4n) is 3.14. The van der Waals surface area contributed by atoms with Crippen molar-refractivity contribution in [3.05, 3.63) is 0 Å². The van der Waals surface area contributed by atoms with Gasteiger partial charge < -0.3 is 4.90 Å². The molecule has 15 heavy (non-hydrogen) atoms. The Labute approximate surface area is 93.0 Å². The number of hydrogen-bond donors (Lipinski definition) is 1. The maximum atomic E-state index is 13.7. The first-order valence-electron chi connectivity index (χ1n) is 6.73. The number of likely N-dealkylation sites (tertiary alicyclic amines) is 1. The smallest absolute Gasteiger partial charge is 0.108 e. The topological polar surface area (TPSA) is 4.44 Å². The van der Waals surface area contributed by atoms with E-state index in [1.165, 1.54) is 32.4 Å². The van der Waals surface area contributed by atoms with Crippen LogP contribution in [-0.2, 0) is 0 Å². The highest BCUT2D eigenvalue weighted by Crippen LogP contribution is 2.25. The number of halogens is 1. The molecule has 2 unspecified atom stereocenters. The molecule has 2 heteroatoms. The van der Waals surface area contributed by atoms with Gasteiger partial charge in [0.25, 0.3) is 0 Å². The van der Waals surface area contributed by atoms with Gasteiger partial charge in [-0.1, -0.05) is 19.8 Å². The number of nitrogens with one attached hydrogen (secondary N) is 1. The van der Waals surface area contributed by atoms with Crippen LogP contribution in [0, 0.1) is 11.8 Å². The van der Waals surface area contributed by atoms with Crippen molar-refractivity contribution in [3.63, 3.8) is 0 Å². The van der Waals surface area contributed by atoms with E-state index in [-0.39, 0.29) is 0 Å². The van der Waals surface area contributed by atoms with E-state index < -0.39 is 6.17 Å². The second-order valence-corrected chi connectivity index (χ2v) is 5.70. The summed E-state index contributed by atoms with van der Waals surface area (Å²) in [5, 5.41) is 0. The minimum Gasteiger partial charge on any atom is -0.335 e. The predicted octanol–water partition coefficient (Wildman–Crippen LogP) is 1.83. The van der Waals surface area contributed by atoms with Gasteiger partial charge in [-0.25, -0.2) is 4.39 Å². The van der Waals surface area contributed by atoms with Crippen molar-refractivity contribution in [1.29, 1.82) is 0 Å². The average molecular weight is 214 g/mol. The molecule has 1 saturated heterocycles. The maximum absolute atomic E-state index is 13.7. The van der Waals surface area contributed by atoms with Gasteiger partial charge in [-0.3, -0.25) is 0 Å². The quantitative estimate of drug-likeness (QED) is 0.715. The molecule has 1 nitrogen and oxygen atoms in total. The van der Waals surface area contributed by atoms with E-state index >= 15 is 0 Å². The van der Waals surface area contributed by atoms with Crippen LogP contribution in [0.2, 0.25) is 0 Å². The standard InChI is InChI=1S/C13H24FN/c1-11-6-8-15(9-7-11)10-12-4-2-3-5-13(12)14/h11-13H,2-10H2,1H3/p+1. The number of alkyl halides is 1. The van der Waals surface area contributed by atoms with Crippen molar-refractivity contribution >= 4 is 0 Å². The van der Waals surface area contributed by atoms with Gasteiger partial charge in [-0.2, -0.15) is 0 Å². The van der Waals surface area contributed by atoms with Crippen molar-refractivity contribution in [2.75, 3.05) is 19.6 Å². The van der Waals surface area contributed by atoms with Crippen LogP contribution in [0.4, 0.5) is 4.39 Å². The highest BCUT2D eigenvalue weighted by atomic mass is 19.1. The molecule has 1 aliphatic carbocycles. The lowest BCUT2D eigenvalue weighted by molar-refractivity contribution is -0.910. The summed E-state index contributed by atoms with van der Waals surface area (Å²) in [6, 6.07) is 0. The minimum absolute atomic E-state index is 0.377. The van der Waals surface area contributed by atoms with Crippen molar-refractivity contribution in [3.8, 4) is 0 Å². The molecule has 0 radical (unpaired) electrons. The molecule has 2 fully saturated rings. The molecule has 0 aromatic carbocycles. The zero-order chi connectivity index (χ0) is 10.7. The summed E-state index contributed by atoms with van der Waals surface area (Å²) in [4.78, 5) is 1.67. The summed E-state index contributed by atoms with van der Waals surface area (Å²) in [5.74, 6) is 1.28. The largest absolute Gasteiger partial charge is 0.335 e. The molecule has 0 spiro atoms. The lowest BCUT2D eigenvalue weighted by Gasteiger charge is -2.33. The Hall–Kier alpha value is -0.110. The van der Waals surface area contributed by atoms with Gasteiger partial charge >= 0.3 is 0 Å². The molecule has 1 aliphatic heterocycles. The molecule has 0 aromatic heterocycles. The maximum Gasteiger partial charge on any atom is 0.108 e. The first-order chi connectivity index (χ1) is 7.25. The Morgan fingerprint density at radius 1 is 1.07 bits per heavy atom. The van der Waals surface area contributed by atoms with Crippen molar-refractivity contribution < 1.29 is 9.29 Å². The molecule has 0 aromatic rings. The highest BCUT2D eigenvalue weighted by molar-refractivity contribution is 4.74. The van der Waals surface area contributed by atoms with Gasteiger partial charge in [0.15, 0.2) is 0 Å². The van der Waals surface area contributed by atoms with E-state index in [9.17, 15) is 4.39 Å². The molecule has 88 valence electrons. The van der Waals surface area contributed by atoms with Crippen LogP contribution in [0.3, 0.4) is 0 Å². The van der Waals surface area contributed by atoms with Crippen LogP contribution in [0.25, 0.3) is 0 Å². The van der Waals surface area contributed by atoms with E-state index in [0.717, 1.165) is 31.7 Å². The predicted molar refractivity (Wildman–Crippen MR) is 60.8 cm³/mol. The zero-order valence-electron chi connectivity index (χ0n) is 9.97. The van der Waals surface area contributed by atoms with Gasteiger partial charge in [0.05, 0.1) is 19.6 Å². The van der Waals surface area contributed by atoms with Gasteiger partial charge in [-0.15, -0.1) is 0 Å². The Bertz CT molecular complexity index is 187. The van der Waals surface area contributed by atoms with Crippen molar-refractivity contribution in [2.45, 2.75) is 51.6 Å². The molecular formula is C13H25FN+. The van der Waals surface area contributed by atoms with E-state index in [4.69, 9.17) is 0 Å². The zero-order valence-corrected chi connectivity index (χ0v) is 9.97. The van der Waals surface area contributed by atoms with Gasteiger partial charge in [0.1, 0.15) is 6.17 Å². The molecule has 2 atom stereocenters. The number of quaternary nitrogens is 1. The summed E-state index contributed by atoms with van der Waals surface area (Å²) >= 11 is 0. The second kappa shape index (κ2) is 5.29. The number of hydrogen-bond acceptors (Lipinski definition) is 0. The van der Waals surface area contributed by atoms with Gasteiger partial charge in [0.2, 0.25) is 0 Å². The lowest BCUT2D eigenvalue weighted by atomic mass is 9.86. The Morgan fingerprint density at radius 2 is 1.73 bits per heavy atom. The Balaban J connectivity index is 1.75. The van der Waals surface area contributed by atoms with Crippen LogP contribution in [0.5, 0.6) is 0 Å². The summed E-state index contributed by atoms with van der Waals surface area (Å²) in [6.45, 7) is 6.01. The monoisotopic (exact) mass is 214 g/mol. The molecule has 1 heterocycles. The van der Waals surface area contributed by atoms with E-state index in [0.29, 0.717) is 5.92 Å². The average Bonchev–Trinajstić information content (AvgIpc) is 2.25. The highest BCUT2D eigenvalue weighted by Gasteiger charge is 2.29. The van der Waals surface area contributed by atoms with Crippen molar-refractivity contribution in [2.24, 2.45) is 11.8 Å². The molecule has 0 amide bonds.